The summed E-state index contributed by atoms with van der Waals surface area (Å²) in [6, 6.07) is 5.06. The number of hydrogen-bond donors (Lipinski definition) is 1. The Balaban J connectivity index is 2.39. The van der Waals surface area contributed by atoms with Gasteiger partial charge in [0.1, 0.15) is 0 Å². The third-order valence-electron chi connectivity index (χ3n) is 3.59. The Kier molecular flexibility index (Phi) is 4.37. The molecule has 1 heterocycles. The topological polar surface area (TPSA) is 66.5 Å². The maximum Gasteiger partial charge on any atom is 0.241 e. The number of fused-ring (bicyclic) bond motifs is 1. The smallest absolute Gasteiger partial charge is 0.241 e. The van der Waals surface area contributed by atoms with Gasteiger partial charge in [-0.2, -0.15) is 0 Å². The molecule has 1 aromatic rings. The van der Waals surface area contributed by atoms with Gasteiger partial charge in [-0.1, -0.05) is 6.92 Å². The summed E-state index contributed by atoms with van der Waals surface area (Å²) in [7, 11) is -3.55. The van der Waals surface area contributed by atoms with Crippen molar-refractivity contribution in [2.24, 2.45) is 0 Å². The van der Waals surface area contributed by atoms with E-state index < -0.39 is 15.6 Å². The molecule has 6 heteroatoms. The first kappa shape index (κ1) is 17.0. The number of sulfonamides is 1. The second-order valence-corrected chi connectivity index (χ2v) is 8.50. The van der Waals surface area contributed by atoms with Gasteiger partial charge >= 0.3 is 0 Å². The van der Waals surface area contributed by atoms with E-state index >= 15 is 0 Å². The first-order valence-corrected chi connectivity index (χ1v) is 9.02. The van der Waals surface area contributed by atoms with Crippen LogP contribution in [0.25, 0.3) is 0 Å². The van der Waals surface area contributed by atoms with Gasteiger partial charge in [0, 0.05) is 23.7 Å². The summed E-state index contributed by atoms with van der Waals surface area (Å²) >= 11 is 0. The fourth-order valence-corrected chi connectivity index (χ4v) is 4.26. The van der Waals surface area contributed by atoms with Crippen molar-refractivity contribution in [3.05, 3.63) is 23.8 Å². The Morgan fingerprint density at radius 1 is 1.36 bits per heavy atom. The zero-order chi connectivity index (χ0) is 16.7. The molecule has 1 aliphatic rings. The highest BCUT2D eigenvalue weighted by molar-refractivity contribution is 7.89. The van der Waals surface area contributed by atoms with E-state index in [1.54, 1.807) is 23.1 Å². The van der Waals surface area contributed by atoms with Crippen LogP contribution >= 0.6 is 0 Å². The molecule has 1 aliphatic heterocycles. The molecule has 0 saturated carbocycles. The lowest BCUT2D eigenvalue weighted by molar-refractivity contribution is -0.118. The Morgan fingerprint density at radius 3 is 2.55 bits per heavy atom. The number of carbonyl (C=O) groups is 1. The van der Waals surface area contributed by atoms with Gasteiger partial charge in [0.05, 0.1) is 4.90 Å². The Labute approximate surface area is 132 Å². The predicted octanol–water partition coefficient (Wildman–Crippen LogP) is 2.45. The van der Waals surface area contributed by atoms with Crippen LogP contribution < -0.4 is 9.62 Å². The number of hydrogen-bond acceptors (Lipinski definition) is 3. The molecular weight excluding hydrogens is 300 g/mol. The Bertz CT molecular complexity index is 690. The molecule has 2 rings (SSSR count). The van der Waals surface area contributed by atoms with E-state index in [0.29, 0.717) is 12.8 Å². The van der Waals surface area contributed by atoms with Crippen molar-refractivity contribution in [3.8, 4) is 0 Å². The summed E-state index contributed by atoms with van der Waals surface area (Å²) in [5.41, 5.74) is 1.20. The summed E-state index contributed by atoms with van der Waals surface area (Å²) in [4.78, 5) is 14.1. The number of carbonyl (C=O) groups excluding carboxylic acids is 1. The van der Waals surface area contributed by atoms with Crippen molar-refractivity contribution < 1.29 is 13.2 Å². The Morgan fingerprint density at radius 2 is 2.00 bits per heavy atom. The van der Waals surface area contributed by atoms with Crippen molar-refractivity contribution in [1.82, 2.24) is 4.72 Å². The van der Waals surface area contributed by atoms with Gasteiger partial charge in [-0.25, -0.2) is 13.1 Å². The average Bonchev–Trinajstić information content (AvgIpc) is 2.70. The molecule has 0 bridgehead atoms. The fraction of sp³-hybridized carbons (Fsp3) is 0.562. The molecular formula is C16H24N2O3S. The van der Waals surface area contributed by atoms with Gasteiger partial charge < -0.3 is 4.90 Å². The summed E-state index contributed by atoms with van der Waals surface area (Å²) in [6.07, 6.45) is 1.12. The third kappa shape index (κ3) is 3.33. The minimum atomic E-state index is -3.55. The highest BCUT2D eigenvalue weighted by Gasteiger charge is 2.31. The van der Waals surface area contributed by atoms with Crippen LogP contribution in [0.5, 0.6) is 0 Å². The Hall–Kier alpha value is -1.40. The number of nitrogens with zero attached hydrogens (tertiary/aromatic N) is 1. The molecule has 0 saturated heterocycles. The maximum absolute atomic E-state index is 12.4. The van der Waals surface area contributed by atoms with Crippen molar-refractivity contribution in [3.63, 3.8) is 0 Å². The second kappa shape index (κ2) is 5.66. The van der Waals surface area contributed by atoms with E-state index in [1.807, 2.05) is 34.6 Å². The van der Waals surface area contributed by atoms with E-state index in [9.17, 15) is 13.2 Å². The zero-order valence-corrected chi connectivity index (χ0v) is 14.6. The minimum Gasteiger partial charge on any atom is -0.309 e. The van der Waals surface area contributed by atoms with Crippen LogP contribution in [0.4, 0.5) is 5.69 Å². The molecule has 1 aromatic carbocycles. The summed E-state index contributed by atoms with van der Waals surface area (Å²) in [5.74, 6) is 0.0645. The molecule has 5 nitrogen and oxygen atoms in total. The number of amides is 1. The quantitative estimate of drug-likeness (QED) is 0.929. The van der Waals surface area contributed by atoms with Gasteiger partial charge in [-0.15, -0.1) is 0 Å². The fourth-order valence-electron chi connectivity index (χ4n) is 2.79. The van der Waals surface area contributed by atoms with Crippen LogP contribution in [0, 0.1) is 0 Å². The van der Waals surface area contributed by atoms with Crippen molar-refractivity contribution in [1.29, 1.82) is 0 Å². The molecule has 1 N–H and O–H groups in total. The lowest BCUT2D eigenvalue weighted by atomic mass is 10.1. The van der Waals surface area contributed by atoms with Crippen LogP contribution in [0.15, 0.2) is 23.1 Å². The van der Waals surface area contributed by atoms with Gasteiger partial charge in [0.25, 0.3) is 0 Å². The predicted molar refractivity (Wildman–Crippen MR) is 87.5 cm³/mol. The highest BCUT2D eigenvalue weighted by Crippen LogP contribution is 2.34. The molecule has 0 aliphatic carbocycles. The third-order valence-corrected chi connectivity index (χ3v) is 5.34. The largest absolute Gasteiger partial charge is 0.309 e. The normalized spacial score (nSPS) is 18.4. The summed E-state index contributed by atoms with van der Waals surface area (Å²) in [6.45, 7) is 9.24. The molecule has 0 radical (unpaired) electrons. The number of benzene rings is 1. The van der Waals surface area contributed by atoms with Crippen molar-refractivity contribution in [2.45, 2.75) is 63.9 Å². The molecule has 22 heavy (non-hydrogen) atoms. The molecule has 122 valence electrons. The van der Waals surface area contributed by atoms with E-state index in [1.165, 1.54) is 0 Å². The molecule has 0 unspecified atom stereocenters. The molecule has 0 fully saturated rings. The maximum atomic E-state index is 12.4. The molecule has 0 spiro atoms. The summed E-state index contributed by atoms with van der Waals surface area (Å²) in [5, 5.41) is 0. The minimum absolute atomic E-state index is 0.0645. The lowest BCUT2D eigenvalue weighted by Crippen LogP contribution is -2.40. The molecule has 1 atom stereocenters. The van der Waals surface area contributed by atoms with E-state index in [-0.39, 0.29) is 16.8 Å². The van der Waals surface area contributed by atoms with Crippen LogP contribution in [0.3, 0.4) is 0 Å². The van der Waals surface area contributed by atoms with Crippen LogP contribution in [0.1, 0.15) is 46.6 Å². The highest BCUT2D eigenvalue weighted by atomic mass is 32.2. The SMILES string of the molecule is CCC(=O)N1c2ccc(S(=O)(=O)NC(C)(C)C)cc2C[C@@H]1C. The van der Waals surface area contributed by atoms with Gasteiger partial charge in [0.15, 0.2) is 0 Å². The monoisotopic (exact) mass is 324 g/mol. The molecule has 1 amide bonds. The van der Waals surface area contributed by atoms with Crippen molar-refractivity contribution >= 4 is 21.6 Å². The number of rotatable bonds is 3. The second-order valence-electron chi connectivity index (χ2n) is 6.82. The standard InChI is InChI=1S/C16H24N2O3S/c1-6-15(19)18-11(2)9-12-10-13(7-8-14(12)18)22(20,21)17-16(3,4)5/h7-8,10-11,17H,6,9H2,1-5H3/t11-/m0/s1. The van der Waals surface area contributed by atoms with E-state index in [2.05, 4.69) is 4.72 Å². The van der Waals surface area contributed by atoms with E-state index in [4.69, 9.17) is 0 Å². The van der Waals surface area contributed by atoms with Crippen LogP contribution in [0.2, 0.25) is 0 Å². The van der Waals surface area contributed by atoms with Gasteiger partial charge in [-0.3, -0.25) is 4.79 Å². The molecule has 0 aromatic heterocycles. The number of anilines is 1. The zero-order valence-electron chi connectivity index (χ0n) is 13.8. The first-order chi connectivity index (χ1) is 10.0. The first-order valence-electron chi connectivity index (χ1n) is 7.54. The van der Waals surface area contributed by atoms with E-state index in [0.717, 1.165) is 11.3 Å². The lowest BCUT2D eigenvalue weighted by Gasteiger charge is -2.22. The average molecular weight is 324 g/mol. The summed E-state index contributed by atoms with van der Waals surface area (Å²) < 4.78 is 27.5. The van der Waals surface area contributed by atoms with Crippen molar-refractivity contribution in [2.75, 3.05) is 4.90 Å². The number of nitrogens with one attached hydrogen (secondary N) is 1. The van der Waals surface area contributed by atoms with Gasteiger partial charge in [0.2, 0.25) is 15.9 Å². The van der Waals surface area contributed by atoms with Crippen LogP contribution in [-0.4, -0.2) is 25.9 Å². The van der Waals surface area contributed by atoms with Gasteiger partial charge in [-0.05, 0) is 57.9 Å². The van der Waals surface area contributed by atoms with Crippen LogP contribution in [-0.2, 0) is 21.2 Å².